The maximum absolute atomic E-state index is 10.8. The Morgan fingerprint density at radius 1 is 1.44 bits per heavy atom. The number of hydrogen-bond donors (Lipinski definition) is 2. The highest BCUT2D eigenvalue weighted by Crippen LogP contribution is 2.25. The van der Waals surface area contributed by atoms with Crippen LogP contribution < -0.4 is 10.1 Å². The molecule has 90 valence electrons. The van der Waals surface area contributed by atoms with Gasteiger partial charge < -0.3 is 15.2 Å². The number of methoxy groups -OCH3 is 1. The zero-order valence-electron chi connectivity index (χ0n) is 9.47. The van der Waals surface area contributed by atoms with Crippen molar-refractivity contribution >= 4 is 11.7 Å². The molecule has 0 saturated heterocycles. The topological polar surface area (TPSA) is 106 Å². The van der Waals surface area contributed by atoms with Gasteiger partial charge in [-0.25, -0.2) is 4.79 Å². The first-order valence-corrected chi connectivity index (χ1v) is 4.80. The summed E-state index contributed by atoms with van der Waals surface area (Å²) in [4.78, 5) is 10.8. The fraction of sp³-hybridized carbons (Fsp3) is 0.0833. The molecule has 6 nitrogen and oxygen atoms in total. The summed E-state index contributed by atoms with van der Waals surface area (Å²) >= 11 is 0. The molecule has 1 rings (SSSR count). The van der Waals surface area contributed by atoms with Crippen molar-refractivity contribution < 1.29 is 14.6 Å². The van der Waals surface area contributed by atoms with Crippen molar-refractivity contribution in [3.63, 3.8) is 0 Å². The lowest BCUT2D eigenvalue weighted by Crippen LogP contribution is -2.00. The fourth-order valence-corrected chi connectivity index (χ4v) is 1.18. The van der Waals surface area contributed by atoms with Gasteiger partial charge in [0.2, 0.25) is 0 Å². The molecule has 0 bridgehead atoms. The Bertz CT molecular complexity index is 563. The average Bonchev–Trinajstić information content (AvgIpc) is 2.39. The third-order valence-electron chi connectivity index (χ3n) is 2.06. The summed E-state index contributed by atoms with van der Waals surface area (Å²) in [7, 11) is 1.39. The van der Waals surface area contributed by atoms with Gasteiger partial charge in [-0.3, -0.25) is 0 Å². The molecular weight excluding hydrogens is 234 g/mol. The van der Waals surface area contributed by atoms with Crippen molar-refractivity contribution in [1.82, 2.24) is 0 Å². The Labute approximate surface area is 103 Å². The number of aromatic carboxylic acids is 1. The van der Waals surface area contributed by atoms with E-state index >= 15 is 0 Å². The van der Waals surface area contributed by atoms with Crippen LogP contribution in [0, 0.1) is 22.7 Å². The number of hydrogen-bond acceptors (Lipinski definition) is 5. The second-order valence-electron chi connectivity index (χ2n) is 3.15. The van der Waals surface area contributed by atoms with Crippen molar-refractivity contribution in [2.24, 2.45) is 0 Å². The Hall–Kier alpha value is -2.99. The van der Waals surface area contributed by atoms with Gasteiger partial charge in [0, 0.05) is 6.20 Å². The lowest BCUT2D eigenvalue weighted by molar-refractivity contribution is 0.0696. The molecule has 6 heteroatoms. The van der Waals surface area contributed by atoms with E-state index in [1.54, 1.807) is 12.1 Å². The molecule has 2 N–H and O–H groups in total. The van der Waals surface area contributed by atoms with E-state index in [9.17, 15) is 4.79 Å². The van der Waals surface area contributed by atoms with Crippen LogP contribution in [0.4, 0.5) is 5.69 Å². The highest BCUT2D eigenvalue weighted by atomic mass is 16.5. The molecule has 0 atom stereocenters. The SMILES string of the molecule is COc1cc(C(=O)O)ccc1NC=C(C#N)C#N. The van der Waals surface area contributed by atoms with Crippen molar-refractivity contribution in [3.8, 4) is 17.9 Å². The Morgan fingerprint density at radius 3 is 2.61 bits per heavy atom. The van der Waals surface area contributed by atoms with Crippen LogP contribution in [-0.4, -0.2) is 18.2 Å². The van der Waals surface area contributed by atoms with E-state index in [0.29, 0.717) is 11.4 Å². The smallest absolute Gasteiger partial charge is 0.335 e. The third-order valence-corrected chi connectivity index (χ3v) is 2.06. The number of benzene rings is 1. The zero-order valence-corrected chi connectivity index (χ0v) is 9.47. The number of ether oxygens (including phenoxy) is 1. The normalized spacial score (nSPS) is 8.61. The largest absolute Gasteiger partial charge is 0.495 e. The molecule has 1 aromatic rings. The molecule has 18 heavy (non-hydrogen) atoms. The molecular formula is C12H9N3O3. The third kappa shape index (κ3) is 3.00. The summed E-state index contributed by atoms with van der Waals surface area (Å²) in [5, 5.41) is 28.6. The van der Waals surface area contributed by atoms with Crippen LogP contribution in [0.2, 0.25) is 0 Å². The average molecular weight is 243 g/mol. The van der Waals surface area contributed by atoms with Crippen LogP contribution in [0.1, 0.15) is 10.4 Å². The first-order chi connectivity index (χ1) is 8.62. The van der Waals surface area contributed by atoms with Crippen LogP contribution >= 0.6 is 0 Å². The van der Waals surface area contributed by atoms with Crippen LogP contribution in [-0.2, 0) is 0 Å². The zero-order chi connectivity index (χ0) is 13.5. The van der Waals surface area contributed by atoms with Gasteiger partial charge in [0.15, 0.2) is 0 Å². The van der Waals surface area contributed by atoms with Gasteiger partial charge in [0.05, 0.1) is 18.4 Å². The quantitative estimate of drug-likeness (QED) is 0.780. The fourth-order valence-electron chi connectivity index (χ4n) is 1.18. The molecule has 0 aliphatic heterocycles. The number of carbonyl (C=O) groups is 1. The van der Waals surface area contributed by atoms with Gasteiger partial charge >= 0.3 is 5.97 Å². The lowest BCUT2D eigenvalue weighted by atomic mass is 10.2. The van der Waals surface area contributed by atoms with E-state index in [1.165, 1.54) is 31.5 Å². The molecule has 0 unspecified atom stereocenters. The number of carboxylic acid groups (broad SMARTS) is 1. The maximum atomic E-state index is 10.8. The van der Waals surface area contributed by atoms with Gasteiger partial charge in [-0.1, -0.05) is 0 Å². The Morgan fingerprint density at radius 2 is 2.11 bits per heavy atom. The van der Waals surface area contributed by atoms with Gasteiger partial charge in [-0.05, 0) is 18.2 Å². The minimum atomic E-state index is -1.06. The van der Waals surface area contributed by atoms with Gasteiger partial charge in [-0.2, -0.15) is 10.5 Å². The van der Waals surface area contributed by atoms with E-state index in [-0.39, 0.29) is 11.1 Å². The van der Waals surface area contributed by atoms with E-state index in [0.717, 1.165) is 0 Å². The number of rotatable bonds is 4. The van der Waals surface area contributed by atoms with Crippen LogP contribution in [0.15, 0.2) is 30.0 Å². The summed E-state index contributed by atoms with van der Waals surface area (Å²) in [6, 6.07) is 7.61. The van der Waals surface area contributed by atoms with Gasteiger partial charge in [0.25, 0.3) is 0 Å². The van der Waals surface area contributed by atoms with E-state index < -0.39 is 5.97 Å². The first kappa shape index (κ1) is 13.1. The molecule has 0 spiro atoms. The minimum Gasteiger partial charge on any atom is -0.495 e. The number of carboxylic acids is 1. The number of anilines is 1. The monoisotopic (exact) mass is 243 g/mol. The van der Waals surface area contributed by atoms with Crippen molar-refractivity contribution in [2.45, 2.75) is 0 Å². The number of nitriles is 2. The molecule has 0 aromatic heterocycles. The molecule has 0 amide bonds. The lowest BCUT2D eigenvalue weighted by Gasteiger charge is -2.08. The van der Waals surface area contributed by atoms with Gasteiger partial charge in [-0.15, -0.1) is 0 Å². The van der Waals surface area contributed by atoms with Gasteiger partial charge in [0.1, 0.15) is 23.5 Å². The highest BCUT2D eigenvalue weighted by molar-refractivity contribution is 5.89. The Kier molecular flexibility index (Phi) is 4.30. The highest BCUT2D eigenvalue weighted by Gasteiger charge is 2.08. The van der Waals surface area contributed by atoms with Crippen molar-refractivity contribution in [3.05, 3.63) is 35.5 Å². The molecule has 0 heterocycles. The summed E-state index contributed by atoms with van der Waals surface area (Å²) in [5.41, 5.74) is 0.451. The summed E-state index contributed by atoms with van der Waals surface area (Å²) in [6.07, 6.45) is 1.22. The predicted octanol–water partition coefficient (Wildman–Crippen LogP) is 1.74. The number of nitrogens with zero attached hydrogens (tertiary/aromatic N) is 2. The molecule has 1 aromatic carbocycles. The Balaban J connectivity index is 3.05. The summed E-state index contributed by atoms with van der Waals surface area (Å²) in [5.74, 6) is -0.758. The molecule has 0 aliphatic carbocycles. The molecule has 0 radical (unpaired) electrons. The number of nitrogens with one attached hydrogen (secondary N) is 1. The standard InChI is InChI=1S/C12H9N3O3/c1-18-11-4-9(12(16)17)2-3-10(11)15-7-8(5-13)6-14/h2-4,7,15H,1H3,(H,16,17). The second-order valence-corrected chi connectivity index (χ2v) is 3.15. The minimum absolute atomic E-state index is 0.0853. The summed E-state index contributed by atoms with van der Waals surface area (Å²) in [6.45, 7) is 0. The van der Waals surface area contributed by atoms with Crippen molar-refractivity contribution in [2.75, 3.05) is 12.4 Å². The molecule has 0 aliphatic rings. The molecule has 0 saturated carbocycles. The number of allylic oxidation sites excluding steroid dienone is 1. The predicted molar refractivity (Wildman–Crippen MR) is 62.9 cm³/mol. The van der Waals surface area contributed by atoms with E-state index in [2.05, 4.69) is 5.32 Å². The van der Waals surface area contributed by atoms with Crippen molar-refractivity contribution in [1.29, 1.82) is 10.5 Å². The second kappa shape index (κ2) is 5.92. The first-order valence-electron chi connectivity index (χ1n) is 4.80. The molecule has 0 fully saturated rings. The maximum Gasteiger partial charge on any atom is 0.335 e. The van der Waals surface area contributed by atoms with Crippen LogP contribution in [0.25, 0.3) is 0 Å². The summed E-state index contributed by atoms with van der Waals surface area (Å²) < 4.78 is 5.01. The van der Waals surface area contributed by atoms with E-state index in [4.69, 9.17) is 20.4 Å². The van der Waals surface area contributed by atoms with Crippen LogP contribution in [0.3, 0.4) is 0 Å². The van der Waals surface area contributed by atoms with E-state index in [1.807, 2.05) is 0 Å². The van der Waals surface area contributed by atoms with Crippen LogP contribution in [0.5, 0.6) is 5.75 Å².